The summed E-state index contributed by atoms with van der Waals surface area (Å²) >= 11 is 0. The second-order valence-corrected chi connectivity index (χ2v) is 9.43. The van der Waals surface area contributed by atoms with Crippen LogP contribution in [0.2, 0.25) is 0 Å². The Morgan fingerprint density at radius 2 is 1.94 bits per heavy atom. The van der Waals surface area contributed by atoms with E-state index >= 15 is 0 Å². The first-order chi connectivity index (χ1) is 16.4. The van der Waals surface area contributed by atoms with Crippen LogP contribution in [0.4, 0.5) is 10.1 Å². The zero-order chi connectivity index (χ0) is 25.8. The van der Waals surface area contributed by atoms with Gasteiger partial charge in [0.25, 0.3) is 5.91 Å². The number of carbonyl (C=O) groups is 3. The Bertz CT molecular complexity index is 1210. The van der Waals surface area contributed by atoms with Crippen LogP contribution in [0.15, 0.2) is 28.7 Å². The van der Waals surface area contributed by atoms with E-state index in [1.54, 1.807) is 25.1 Å². The zero-order valence-electron chi connectivity index (χ0n) is 19.4. The van der Waals surface area contributed by atoms with E-state index < -0.39 is 58.7 Å². The third-order valence-electron chi connectivity index (χ3n) is 7.19. The van der Waals surface area contributed by atoms with Crippen LogP contribution in [0.25, 0.3) is 0 Å². The largest absolute Gasteiger partial charge is 0.511 e. The number of ketones is 2. The molecule has 0 saturated heterocycles. The Labute approximate surface area is 200 Å². The van der Waals surface area contributed by atoms with Crippen molar-refractivity contribution in [3.05, 3.63) is 45.4 Å². The van der Waals surface area contributed by atoms with Gasteiger partial charge in [-0.25, -0.2) is 4.39 Å². The molecule has 0 spiro atoms. The minimum absolute atomic E-state index is 0.0505. The van der Waals surface area contributed by atoms with Crippen LogP contribution in [0.1, 0.15) is 34.3 Å². The lowest BCUT2D eigenvalue weighted by molar-refractivity contribution is -0.144. The number of Topliss-reactive ketones (excluding diaryl/α,β-unsaturated/α-hetero) is 2. The summed E-state index contributed by atoms with van der Waals surface area (Å²) in [5.41, 5.74) is 3.05. The maximum Gasteiger partial charge on any atom is 0.255 e. The number of allylic oxidation sites excluding steroid dienone is 2. The van der Waals surface area contributed by atoms with E-state index in [0.29, 0.717) is 16.8 Å². The van der Waals surface area contributed by atoms with Gasteiger partial charge in [-0.05, 0) is 30.4 Å². The molecule has 3 aliphatic carbocycles. The Balaban J connectivity index is 1.88. The highest BCUT2D eigenvalue weighted by molar-refractivity contribution is 6.24. The van der Waals surface area contributed by atoms with Gasteiger partial charge in [0.15, 0.2) is 11.4 Å². The molecular formula is C24H28FN3O7. The number of benzene rings is 1. The van der Waals surface area contributed by atoms with Gasteiger partial charge in [0.1, 0.15) is 29.5 Å². The number of hydrogen-bond acceptors (Lipinski definition) is 9. The minimum atomic E-state index is -2.60. The van der Waals surface area contributed by atoms with Crippen molar-refractivity contribution in [1.82, 2.24) is 5.32 Å². The monoisotopic (exact) mass is 489 g/mol. The standard InChI is InChI=1S/C24H28FN3O7/c1-28(2)14-7-11(9-27-4-3-25)19(30)17-13(14)6-10-5-12-8-15(29)18(23(26)34)22(33)24(12,35)21(32)16(10)20(17)31/h7,10,12,27,29-30,32,35H,3-6,8-9H2,1-2H3,(H2,26,34)/t10-,12+,24+/m1/s1. The van der Waals surface area contributed by atoms with Crippen LogP contribution in [-0.4, -0.2) is 70.8 Å². The first kappa shape index (κ1) is 24.7. The molecule has 0 bridgehead atoms. The van der Waals surface area contributed by atoms with Crippen LogP contribution in [0.5, 0.6) is 5.75 Å². The van der Waals surface area contributed by atoms with Gasteiger partial charge in [-0.15, -0.1) is 0 Å². The number of rotatable bonds is 6. The Hall–Kier alpha value is -3.44. The predicted molar refractivity (Wildman–Crippen MR) is 123 cm³/mol. The van der Waals surface area contributed by atoms with Crippen LogP contribution in [0.3, 0.4) is 0 Å². The van der Waals surface area contributed by atoms with Gasteiger partial charge in [-0.1, -0.05) is 0 Å². The highest BCUT2D eigenvalue weighted by Crippen LogP contribution is 2.52. The summed E-state index contributed by atoms with van der Waals surface area (Å²) < 4.78 is 12.6. The van der Waals surface area contributed by atoms with Gasteiger partial charge in [0.05, 0.1) is 5.56 Å². The number of aliphatic hydroxyl groups is 3. The fourth-order valence-corrected chi connectivity index (χ4v) is 5.55. The summed E-state index contributed by atoms with van der Waals surface area (Å²) in [6.45, 7) is -0.476. The molecule has 0 radical (unpaired) electrons. The maximum absolute atomic E-state index is 13.7. The number of halogens is 1. The van der Waals surface area contributed by atoms with Crippen LogP contribution in [0, 0.1) is 11.8 Å². The van der Waals surface area contributed by atoms with Crippen LogP contribution in [-0.2, 0) is 22.6 Å². The molecule has 1 amide bonds. The SMILES string of the molecule is CN(C)c1cc(CNCCF)c(O)c2c1C[C@H]1C[C@H]3CC(O)=C(C(N)=O)C(=O)[C@@]3(O)C(O)=C1C2=O. The van der Waals surface area contributed by atoms with Crippen molar-refractivity contribution in [1.29, 1.82) is 0 Å². The number of phenolic OH excluding ortho intramolecular Hbond substituents is 1. The van der Waals surface area contributed by atoms with Crippen molar-refractivity contribution in [2.24, 2.45) is 17.6 Å². The Kier molecular flexibility index (Phi) is 6.10. The molecule has 11 heteroatoms. The number of nitrogens with two attached hydrogens (primary N) is 1. The molecule has 188 valence electrons. The number of nitrogens with zero attached hydrogens (tertiary/aromatic N) is 1. The van der Waals surface area contributed by atoms with E-state index in [9.17, 15) is 39.2 Å². The molecule has 1 aromatic rings. The summed E-state index contributed by atoms with van der Waals surface area (Å²) in [4.78, 5) is 40.2. The molecule has 1 aromatic carbocycles. The van der Waals surface area contributed by atoms with Gasteiger partial charge >= 0.3 is 0 Å². The topological polar surface area (TPSA) is 173 Å². The van der Waals surface area contributed by atoms with Crippen molar-refractivity contribution in [3.8, 4) is 5.75 Å². The molecule has 4 rings (SSSR count). The Morgan fingerprint density at radius 3 is 2.54 bits per heavy atom. The van der Waals surface area contributed by atoms with Gasteiger partial charge in [0.2, 0.25) is 5.78 Å². The van der Waals surface area contributed by atoms with Crippen molar-refractivity contribution in [3.63, 3.8) is 0 Å². The number of anilines is 1. The summed E-state index contributed by atoms with van der Waals surface area (Å²) in [5.74, 6) is -6.64. The maximum atomic E-state index is 13.7. The molecule has 7 N–H and O–H groups in total. The lowest BCUT2D eigenvalue weighted by atomic mass is 9.60. The number of phenols is 1. The number of hydrogen-bond donors (Lipinski definition) is 6. The molecule has 0 fully saturated rings. The normalized spacial score (nSPS) is 25.8. The second kappa shape index (κ2) is 8.65. The highest BCUT2D eigenvalue weighted by Gasteiger charge is 2.59. The van der Waals surface area contributed by atoms with E-state index in [1.807, 2.05) is 0 Å². The number of amides is 1. The average Bonchev–Trinajstić information content (AvgIpc) is 2.77. The Morgan fingerprint density at radius 1 is 1.26 bits per heavy atom. The molecule has 0 aliphatic heterocycles. The van der Waals surface area contributed by atoms with E-state index in [-0.39, 0.29) is 49.2 Å². The van der Waals surface area contributed by atoms with Crippen molar-refractivity contribution in [2.75, 3.05) is 32.2 Å². The summed E-state index contributed by atoms with van der Waals surface area (Å²) in [6.07, 6.45) is 0.00434. The molecule has 0 aromatic heterocycles. The van der Waals surface area contributed by atoms with Crippen LogP contribution < -0.4 is 16.0 Å². The number of aromatic hydroxyl groups is 1. The fourth-order valence-electron chi connectivity index (χ4n) is 5.55. The van der Waals surface area contributed by atoms with Crippen molar-refractivity contribution in [2.45, 2.75) is 31.4 Å². The third kappa shape index (κ3) is 3.57. The zero-order valence-corrected chi connectivity index (χ0v) is 19.4. The van der Waals surface area contributed by atoms with Gasteiger partial charge < -0.3 is 36.4 Å². The molecule has 0 unspecified atom stereocenters. The molecule has 35 heavy (non-hydrogen) atoms. The van der Waals surface area contributed by atoms with E-state index in [4.69, 9.17) is 5.73 Å². The lowest BCUT2D eigenvalue weighted by Crippen LogP contribution is -2.57. The quantitative estimate of drug-likeness (QED) is 0.248. The minimum Gasteiger partial charge on any atom is -0.511 e. The third-order valence-corrected chi connectivity index (χ3v) is 7.19. The second-order valence-electron chi connectivity index (χ2n) is 9.43. The molecule has 0 saturated carbocycles. The first-order valence-electron chi connectivity index (χ1n) is 11.2. The smallest absolute Gasteiger partial charge is 0.255 e. The number of primary amides is 1. The average molecular weight is 490 g/mol. The number of nitrogens with one attached hydrogen (secondary N) is 1. The molecule has 0 heterocycles. The van der Waals surface area contributed by atoms with E-state index in [1.165, 1.54) is 0 Å². The van der Waals surface area contributed by atoms with Gasteiger partial charge in [-0.3, -0.25) is 14.4 Å². The van der Waals surface area contributed by atoms with E-state index in [2.05, 4.69) is 5.32 Å². The number of aliphatic hydroxyl groups excluding tert-OH is 2. The first-order valence-corrected chi connectivity index (χ1v) is 11.2. The predicted octanol–water partition coefficient (Wildman–Crippen LogP) is 0.706. The lowest BCUT2D eigenvalue weighted by Gasteiger charge is -2.46. The van der Waals surface area contributed by atoms with Crippen LogP contribution >= 0.6 is 0 Å². The number of fused-ring (bicyclic) bond motifs is 3. The molecule has 3 atom stereocenters. The summed E-state index contributed by atoms with van der Waals surface area (Å²) in [6, 6.07) is 1.71. The fraction of sp³-hybridized carbons (Fsp3) is 0.458. The van der Waals surface area contributed by atoms with Crippen molar-refractivity contribution >= 4 is 23.2 Å². The number of alkyl halides is 1. The van der Waals surface area contributed by atoms with Gasteiger partial charge in [-0.2, -0.15) is 0 Å². The van der Waals surface area contributed by atoms with Gasteiger partial charge in [0, 0.05) is 56.3 Å². The van der Waals surface area contributed by atoms with E-state index in [0.717, 1.165) is 0 Å². The highest BCUT2D eigenvalue weighted by atomic mass is 19.1. The molecule has 3 aliphatic rings. The summed E-state index contributed by atoms with van der Waals surface area (Å²) in [7, 11) is 3.54. The summed E-state index contributed by atoms with van der Waals surface area (Å²) in [5, 5.41) is 46.5. The van der Waals surface area contributed by atoms with Crippen molar-refractivity contribution < 1.29 is 39.2 Å². The molecular weight excluding hydrogens is 461 g/mol. The molecule has 10 nitrogen and oxygen atoms in total. The number of carbonyl (C=O) groups excluding carboxylic acids is 3.